The van der Waals surface area contributed by atoms with Gasteiger partial charge in [0.2, 0.25) is 0 Å². The molecule has 33 heavy (non-hydrogen) atoms. The standard InChI is InChI=1S/C22H18F3NO5S2/c1-3-30-19(27)12-31-17-9-13(7-8-16(17)29-2)10-18-20(28)26(21(32)33-18)15-6-4-5-14(11-15)22(23,24)25/h4-11H,3,12H2,1-2H3/b18-10+. The normalized spacial score (nSPS) is 15.2. The topological polar surface area (TPSA) is 65.1 Å². The third-order valence-corrected chi connectivity index (χ3v) is 5.66. The highest BCUT2D eigenvalue weighted by Crippen LogP contribution is 2.39. The molecular weight excluding hydrogens is 479 g/mol. The van der Waals surface area contributed by atoms with Crippen LogP contribution in [0.3, 0.4) is 0 Å². The van der Waals surface area contributed by atoms with Crippen molar-refractivity contribution in [3.8, 4) is 11.5 Å². The average molecular weight is 498 g/mol. The van der Waals surface area contributed by atoms with Gasteiger partial charge in [0.25, 0.3) is 5.91 Å². The molecule has 0 atom stereocenters. The molecule has 1 saturated heterocycles. The maximum atomic E-state index is 13.1. The van der Waals surface area contributed by atoms with E-state index in [-0.39, 0.29) is 33.9 Å². The van der Waals surface area contributed by atoms with E-state index in [0.29, 0.717) is 11.3 Å². The smallest absolute Gasteiger partial charge is 0.416 e. The fourth-order valence-corrected chi connectivity index (χ4v) is 4.20. The van der Waals surface area contributed by atoms with E-state index in [2.05, 4.69) is 0 Å². The lowest BCUT2D eigenvalue weighted by atomic mass is 10.1. The van der Waals surface area contributed by atoms with Crippen molar-refractivity contribution < 1.29 is 37.0 Å². The van der Waals surface area contributed by atoms with Crippen molar-refractivity contribution in [2.75, 3.05) is 25.2 Å². The van der Waals surface area contributed by atoms with Crippen molar-refractivity contribution in [2.45, 2.75) is 13.1 Å². The molecular formula is C22H18F3NO5S2. The fourth-order valence-electron chi connectivity index (χ4n) is 2.90. The van der Waals surface area contributed by atoms with Crippen molar-refractivity contribution in [2.24, 2.45) is 0 Å². The maximum Gasteiger partial charge on any atom is 0.416 e. The van der Waals surface area contributed by atoms with Crippen LogP contribution < -0.4 is 14.4 Å². The molecule has 2 aromatic carbocycles. The summed E-state index contributed by atoms with van der Waals surface area (Å²) in [5, 5.41) is 0. The van der Waals surface area contributed by atoms with Gasteiger partial charge >= 0.3 is 12.1 Å². The molecule has 0 aromatic heterocycles. The van der Waals surface area contributed by atoms with Crippen LogP contribution in [-0.2, 0) is 20.5 Å². The lowest BCUT2D eigenvalue weighted by Crippen LogP contribution is -2.27. The predicted molar refractivity (Wildman–Crippen MR) is 122 cm³/mol. The van der Waals surface area contributed by atoms with Crippen molar-refractivity contribution in [3.63, 3.8) is 0 Å². The van der Waals surface area contributed by atoms with Crippen LogP contribution >= 0.6 is 24.0 Å². The van der Waals surface area contributed by atoms with Crippen LogP contribution in [0, 0.1) is 0 Å². The van der Waals surface area contributed by atoms with Crippen LogP contribution in [0.4, 0.5) is 18.9 Å². The Morgan fingerprint density at radius 2 is 1.94 bits per heavy atom. The highest BCUT2D eigenvalue weighted by Gasteiger charge is 2.36. The van der Waals surface area contributed by atoms with E-state index < -0.39 is 23.6 Å². The summed E-state index contributed by atoms with van der Waals surface area (Å²) in [6.07, 6.45) is -3.02. The molecule has 1 fully saturated rings. The lowest BCUT2D eigenvalue weighted by molar-refractivity contribution is -0.145. The molecule has 0 radical (unpaired) electrons. The Morgan fingerprint density at radius 3 is 2.61 bits per heavy atom. The van der Waals surface area contributed by atoms with Crippen LogP contribution in [0.1, 0.15) is 18.1 Å². The molecule has 0 unspecified atom stereocenters. The molecule has 174 valence electrons. The Bertz CT molecular complexity index is 1120. The van der Waals surface area contributed by atoms with Crippen molar-refractivity contribution in [1.29, 1.82) is 0 Å². The van der Waals surface area contributed by atoms with Gasteiger partial charge in [-0.15, -0.1) is 0 Å². The molecule has 1 aliphatic rings. The minimum absolute atomic E-state index is 0.0314. The third-order valence-electron chi connectivity index (χ3n) is 4.36. The monoisotopic (exact) mass is 497 g/mol. The van der Waals surface area contributed by atoms with Crippen molar-refractivity contribution in [3.05, 3.63) is 58.5 Å². The zero-order valence-electron chi connectivity index (χ0n) is 17.5. The first-order valence-electron chi connectivity index (χ1n) is 9.55. The summed E-state index contributed by atoms with van der Waals surface area (Å²) in [6, 6.07) is 9.23. The highest BCUT2D eigenvalue weighted by atomic mass is 32.2. The summed E-state index contributed by atoms with van der Waals surface area (Å²) in [5.74, 6) is -0.471. The zero-order chi connectivity index (χ0) is 24.2. The summed E-state index contributed by atoms with van der Waals surface area (Å²) in [4.78, 5) is 25.8. The molecule has 6 nitrogen and oxygen atoms in total. The number of methoxy groups -OCH3 is 1. The zero-order valence-corrected chi connectivity index (χ0v) is 19.1. The van der Waals surface area contributed by atoms with Crippen molar-refractivity contribution >= 4 is 51.9 Å². The van der Waals surface area contributed by atoms with Crippen LogP contribution in [-0.4, -0.2) is 36.5 Å². The number of ether oxygens (including phenoxy) is 3. The summed E-state index contributed by atoms with van der Waals surface area (Å²) < 4.78 is 54.8. The Hall–Kier alpha value is -3.05. The van der Waals surface area contributed by atoms with Crippen LogP contribution in [0.25, 0.3) is 6.08 Å². The van der Waals surface area contributed by atoms with E-state index in [1.807, 2.05) is 0 Å². The number of hydrogen-bond acceptors (Lipinski definition) is 7. The summed E-state index contributed by atoms with van der Waals surface area (Å²) in [7, 11) is 1.44. The van der Waals surface area contributed by atoms with Gasteiger partial charge in [0.1, 0.15) is 0 Å². The Morgan fingerprint density at radius 1 is 1.18 bits per heavy atom. The number of amides is 1. The number of benzene rings is 2. The molecule has 0 spiro atoms. The summed E-state index contributed by atoms with van der Waals surface area (Å²) in [6.45, 7) is 1.56. The summed E-state index contributed by atoms with van der Waals surface area (Å²) >= 11 is 6.21. The van der Waals surface area contributed by atoms with Crippen LogP contribution in [0.2, 0.25) is 0 Å². The number of rotatable bonds is 7. The van der Waals surface area contributed by atoms with Crippen molar-refractivity contribution in [1.82, 2.24) is 0 Å². The minimum atomic E-state index is -4.55. The molecule has 2 aromatic rings. The number of anilines is 1. The van der Waals surface area contributed by atoms with E-state index in [0.717, 1.165) is 28.8 Å². The Labute approximate surface area is 197 Å². The number of alkyl halides is 3. The number of carbonyl (C=O) groups is 2. The van der Waals surface area contributed by atoms with E-state index in [1.165, 1.54) is 25.3 Å². The minimum Gasteiger partial charge on any atom is -0.493 e. The van der Waals surface area contributed by atoms with Gasteiger partial charge in [-0.2, -0.15) is 13.2 Å². The first-order valence-corrected chi connectivity index (χ1v) is 10.8. The molecule has 0 aliphatic carbocycles. The van der Waals surface area contributed by atoms with E-state index in [9.17, 15) is 22.8 Å². The molecule has 3 rings (SSSR count). The molecule has 0 N–H and O–H groups in total. The number of thiocarbonyl (C=S) groups is 1. The van der Waals surface area contributed by atoms with E-state index >= 15 is 0 Å². The van der Waals surface area contributed by atoms with Gasteiger partial charge in [0.15, 0.2) is 22.4 Å². The van der Waals surface area contributed by atoms with Crippen LogP contribution in [0.5, 0.6) is 11.5 Å². The Kier molecular flexibility index (Phi) is 7.65. The van der Waals surface area contributed by atoms with Crippen LogP contribution in [0.15, 0.2) is 47.4 Å². The van der Waals surface area contributed by atoms with E-state index in [4.69, 9.17) is 26.4 Å². The number of halogens is 3. The SMILES string of the molecule is CCOC(=O)COc1cc(/C=C2/SC(=S)N(c3cccc(C(F)(F)F)c3)C2=O)ccc1OC. The molecule has 1 heterocycles. The maximum absolute atomic E-state index is 13.1. The second-order valence-electron chi connectivity index (χ2n) is 6.57. The molecule has 0 saturated carbocycles. The average Bonchev–Trinajstić information content (AvgIpc) is 3.05. The van der Waals surface area contributed by atoms with Gasteiger partial charge < -0.3 is 14.2 Å². The number of carbonyl (C=O) groups excluding carboxylic acids is 2. The number of esters is 1. The number of nitrogens with zero attached hydrogens (tertiary/aromatic N) is 1. The lowest BCUT2D eigenvalue weighted by Gasteiger charge is -2.16. The first kappa shape index (κ1) is 24.6. The Balaban J connectivity index is 1.86. The molecule has 1 aliphatic heterocycles. The fraction of sp³-hybridized carbons (Fsp3) is 0.227. The third kappa shape index (κ3) is 5.85. The molecule has 11 heteroatoms. The second kappa shape index (κ2) is 10.3. The van der Waals surface area contributed by atoms with Gasteiger partial charge in [0.05, 0.1) is 29.9 Å². The van der Waals surface area contributed by atoms with Gasteiger partial charge in [-0.1, -0.05) is 36.1 Å². The summed E-state index contributed by atoms with van der Waals surface area (Å²) in [5.41, 5.74) is -0.306. The largest absolute Gasteiger partial charge is 0.493 e. The van der Waals surface area contributed by atoms with Gasteiger partial charge in [-0.3, -0.25) is 9.69 Å². The first-order chi connectivity index (χ1) is 15.6. The van der Waals surface area contributed by atoms with Gasteiger partial charge in [0, 0.05) is 0 Å². The number of hydrogen-bond donors (Lipinski definition) is 0. The van der Waals surface area contributed by atoms with Gasteiger partial charge in [-0.25, -0.2) is 4.79 Å². The predicted octanol–water partition coefficient (Wildman–Crippen LogP) is 5.06. The molecule has 0 bridgehead atoms. The van der Waals surface area contributed by atoms with E-state index in [1.54, 1.807) is 25.1 Å². The highest BCUT2D eigenvalue weighted by molar-refractivity contribution is 8.27. The van der Waals surface area contributed by atoms with Gasteiger partial charge in [-0.05, 0) is 48.9 Å². The second-order valence-corrected chi connectivity index (χ2v) is 8.24. The molecule has 1 amide bonds. The quantitative estimate of drug-likeness (QED) is 0.301. The number of thioether (sulfide) groups is 1.